The van der Waals surface area contributed by atoms with Gasteiger partial charge in [-0.25, -0.2) is 0 Å². The van der Waals surface area contributed by atoms with Crippen molar-refractivity contribution in [3.63, 3.8) is 0 Å². The topological polar surface area (TPSA) is 30.5 Å². The van der Waals surface area contributed by atoms with E-state index in [0.717, 1.165) is 35.5 Å². The summed E-state index contributed by atoms with van der Waals surface area (Å²) in [4.78, 5) is 0. The lowest BCUT2D eigenvalue weighted by molar-refractivity contribution is 0.251. The summed E-state index contributed by atoms with van der Waals surface area (Å²) in [6, 6.07) is 14.7. The first-order chi connectivity index (χ1) is 10.3. The van der Waals surface area contributed by atoms with Crippen molar-refractivity contribution < 1.29 is 9.47 Å². The first-order valence-corrected chi connectivity index (χ1v) is 7.84. The highest BCUT2D eigenvalue weighted by atomic mass is 79.9. The Hall–Kier alpha value is -1.52. The number of hydrogen-bond acceptors (Lipinski definition) is 3. The monoisotopic (exact) mass is 347 g/mol. The summed E-state index contributed by atoms with van der Waals surface area (Å²) in [5, 5.41) is 3.61. The number of rotatable bonds is 4. The minimum absolute atomic E-state index is 0.299. The molecule has 1 heterocycles. The Morgan fingerprint density at radius 1 is 1.24 bits per heavy atom. The van der Waals surface area contributed by atoms with Crippen molar-refractivity contribution in [2.24, 2.45) is 0 Å². The zero-order chi connectivity index (χ0) is 14.7. The SMILES string of the molecule is COc1ccc2c(c1)C(NCc1ccc(Br)cc1)CCO2. The van der Waals surface area contributed by atoms with Gasteiger partial charge in [0.05, 0.1) is 13.7 Å². The molecule has 1 aliphatic heterocycles. The molecule has 0 amide bonds. The van der Waals surface area contributed by atoms with Gasteiger partial charge >= 0.3 is 0 Å². The average Bonchev–Trinajstić information content (AvgIpc) is 2.54. The van der Waals surface area contributed by atoms with E-state index >= 15 is 0 Å². The number of nitrogens with one attached hydrogen (secondary N) is 1. The number of hydrogen-bond donors (Lipinski definition) is 1. The van der Waals surface area contributed by atoms with Crippen LogP contribution in [0, 0.1) is 0 Å². The molecule has 21 heavy (non-hydrogen) atoms. The smallest absolute Gasteiger partial charge is 0.124 e. The van der Waals surface area contributed by atoms with Gasteiger partial charge in [0.2, 0.25) is 0 Å². The molecule has 1 aliphatic rings. The van der Waals surface area contributed by atoms with Crippen molar-refractivity contribution >= 4 is 15.9 Å². The summed E-state index contributed by atoms with van der Waals surface area (Å²) in [6.07, 6.45) is 0.969. The number of benzene rings is 2. The van der Waals surface area contributed by atoms with Crippen LogP contribution in [0.1, 0.15) is 23.6 Å². The molecule has 2 aromatic carbocycles. The fraction of sp³-hybridized carbons (Fsp3) is 0.294. The minimum atomic E-state index is 0.299. The van der Waals surface area contributed by atoms with E-state index in [0.29, 0.717) is 6.04 Å². The molecule has 110 valence electrons. The average molecular weight is 348 g/mol. The number of halogens is 1. The molecule has 0 bridgehead atoms. The van der Waals surface area contributed by atoms with Gasteiger partial charge in [-0.05, 0) is 35.9 Å². The summed E-state index contributed by atoms with van der Waals surface area (Å²) in [6.45, 7) is 1.59. The first kappa shape index (κ1) is 14.4. The Morgan fingerprint density at radius 3 is 2.81 bits per heavy atom. The van der Waals surface area contributed by atoms with Crippen LogP contribution in [0.5, 0.6) is 11.5 Å². The van der Waals surface area contributed by atoms with Gasteiger partial charge in [-0.3, -0.25) is 0 Å². The summed E-state index contributed by atoms with van der Waals surface area (Å²) >= 11 is 3.46. The second-order valence-electron chi connectivity index (χ2n) is 5.10. The molecular formula is C17H18BrNO2. The Kier molecular flexibility index (Phi) is 4.46. The van der Waals surface area contributed by atoms with Crippen LogP contribution >= 0.6 is 15.9 Å². The van der Waals surface area contributed by atoms with Crippen LogP contribution in [0.4, 0.5) is 0 Å². The van der Waals surface area contributed by atoms with E-state index in [4.69, 9.17) is 9.47 Å². The molecule has 0 fully saturated rings. The Morgan fingerprint density at radius 2 is 2.05 bits per heavy atom. The van der Waals surface area contributed by atoms with Crippen LogP contribution in [0.15, 0.2) is 46.9 Å². The summed E-state index contributed by atoms with van der Waals surface area (Å²) in [5.41, 5.74) is 2.45. The van der Waals surface area contributed by atoms with E-state index < -0.39 is 0 Å². The maximum Gasteiger partial charge on any atom is 0.124 e. The Labute approximate surface area is 133 Å². The first-order valence-electron chi connectivity index (χ1n) is 7.05. The Balaban J connectivity index is 1.73. The van der Waals surface area contributed by atoms with Gasteiger partial charge in [0.25, 0.3) is 0 Å². The summed E-state index contributed by atoms with van der Waals surface area (Å²) < 4.78 is 12.1. The standard InChI is InChI=1S/C17H18BrNO2/c1-20-14-6-7-17-15(10-14)16(8-9-21-17)19-11-12-2-4-13(18)5-3-12/h2-7,10,16,19H,8-9,11H2,1H3. The van der Waals surface area contributed by atoms with Crippen molar-refractivity contribution in [3.8, 4) is 11.5 Å². The number of methoxy groups -OCH3 is 1. The molecular weight excluding hydrogens is 330 g/mol. The van der Waals surface area contributed by atoms with Gasteiger partial charge in [-0.1, -0.05) is 28.1 Å². The zero-order valence-corrected chi connectivity index (χ0v) is 13.5. The van der Waals surface area contributed by atoms with E-state index in [9.17, 15) is 0 Å². The highest BCUT2D eigenvalue weighted by molar-refractivity contribution is 9.10. The molecule has 3 nitrogen and oxygen atoms in total. The van der Waals surface area contributed by atoms with Gasteiger partial charge in [-0.2, -0.15) is 0 Å². The normalized spacial score (nSPS) is 17.0. The van der Waals surface area contributed by atoms with Crippen LogP contribution in [0.3, 0.4) is 0 Å². The van der Waals surface area contributed by atoms with E-state index in [2.05, 4.69) is 51.6 Å². The molecule has 0 radical (unpaired) electrons. The molecule has 3 rings (SSSR count). The van der Waals surface area contributed by atoms with Crippen molar-refractivity contribution in [1.29, 1.82) is 0 Å². The fourth-order valence-electron chi connectivity index (χ4n) is 2.55. The zero-order valence-electron chi connectivity index (χ0n) is 11.9. The van der Waals surface area contributed by atoms with Crippen molar-refractivity contribution in [1.82, 2.24) is 5.32 Å². The third-order valence-electron chi connectivity index (χ3n) is 3.72. The van der Waals surface area contributed by atoms with Crippen LogP contribution in [-0.2, 0) is 6.54 Å². The summed E-state index contributed by atoms with van der Waals surface area (Å²) in [7, 11) is 1.69. The maximum atomic E-state index is 5.72. The number of fused-ring (bicyclic) bond motifs is 1. The second kappa shape index (κ2) is 6.50. The molecule has 1 unspecified atom stereocenters. The maximum absolute atomic E-state index is 5.72. The lowest BCUT2D eigenvalue weighted by Crippen LogP contribution is -2.26. The third-order valence-corrected chi connectivity index (χ3v) is 4.25. The minimum Gasteiger partial charge on any atom is -0.497 e. The fourth-order valence-corrected chi connectivity index (χ4v) is 2.82. The van der Waals surface area contributed by atoms with Crippen molar-refractivity contribution in [2.45, 2.75) is 19.0 Å². The van der Waals surface area contributed by atoms with E-state index in [-0.39, 0.29) is 0 Å². The molecule has 0 saturated heterocycles. The van der Waals surface area contributed by atoms with Gasteiger partial charge in [0.15, 0.2) is 0 Å². The van der Waals surface area contributed by atoms with Gasteiger partial charge in [-0.15, -0.1) is 0 Å². The molecule has 2 aromatic rings. The van der Waals surface area contributed by atoms with Gasteiger partial charge in [0, 0.05) is 29.0 Å². The predicted molar refractivity (Wildman–Crippen MR) is 86.8 cm³/mol. The quantitative estimate of drug-likeness (QED) is 0.904. The molecule has 0 aromatic heterocycles. The summed E-state index contributed by atoms with van der Waals surface area (Å²) in [5.74, 6) is 1.82. The third kappa shape index (κ3) is 3.39. The highest BCUT2D eigenvalue weighted by Crippen LogP contribution is 2.34. The van der Waals surface area contributed by atoms with E-state index in [1.165, 1.54) is 11.1 Å². The van der Waals surface area contributed by atoms with Gasteiger partial charge in [0.1, 0.15) is 11.5 Å². The number of ether oxygens (including phenoxy) is 2. The van der Waals surface area contributed by atoms with Gasteiger partial charge < -0.3 is 14.8 Å². The molecule has 0 aliphatic carbocycles. The molecule has 1 N–H and O–H groups in total. The van der Waals surface area contributed by atoms with Crippen LogP contribution < -0.4 is 14.8 Å². The van der Waals surface area contributed by atoms with E-state index in [1.54, 1.807) is 7.11 Å². The predicted octanol–water partition coefficient (Wildman–Crippen LogP) is 4.07. The van der Waals surface area contributed by atoms with Crippen molar-refractivity contribution in [3.05, 3.63) is 58.1 Å². The second-order valence-corrected chi connectivity index (χ2v) is 6.02. The highest BCUT2D eigenvalue weighted by Gasteiger charge is 2.21. The lowest BCUT2D eigenvalue weighted by Gasteiger charge is -2.27. The van der Waals surface area contributed by atoms with Crippen molar-refractivity contribution in [2.75, 3.05) is 13.7 Å². The van der Waals surface area contributed by atoms with E-state index in [1.807, 2.05) is 12.1 Å². The Bertz CT molecular complexity index is 613. The van der Waals surface area contributed by atoms with Crippen LogP contribution in [-0.4, -0.2) is 13.7 Å². The van der Waals surface area contributed by atoms with Crippen LogP contribution in [0.2, 0.25) is 0 Å². The molecule has 4 heteroatoms. The molecule has 0 saturated carbocycles. The van der Waals surface area contributed by atoms with Crippen LogP contribution in [0.25, 0.3) is 0 Å². The largest absolute Gasteiger partial charge is 0.497 e. The molecule has 0 spiro atoms. The molecule has 1 atom stereocenters. The lowest BCUT2D eigenvalue weighted by atomic mass is 10.00.